The van der Waals surface area contributed by atoms with Crippen molar-refractivity contribution in [1.29, 1.82) is 0 Å². The molecule has 0 aromatic carbocycles. The molecule has 0 radical (unpaired) electrons. The number of H-pyrrole nitrogens is 1. The highest BCUT2D eigenvalue weighted by molar-refractivity contribution is 6.03. The Hall–Kier alpha value is -3.03. The first-order chi connectivity index (χ1) is 14.7. The van der Waals surface area contributed by atoms with Crippen LogP contribution in [0.4, 0.5) is 0 Å². The Morgan fingerprint density at radius 1 is 1.10 bits per heavy atom. The van der Waals surface area contributed by atoms with Gasteiger partial charge in [-0.15, -0.1) is 0 Å². The van der Waals surface area contributed by atoms with Crippen LogP contribution in [0.25, 0.3) is 0 Å². The van der Waals surface area contributed by atoms with Crippen molar-refractivity contribution in [3.8, 4) is 0 Å². The van der Waals surface area contributed by atoms with Crippen molar-refractivity contribution in [2.45, 2.75) is 56.7 Å². The topological polar surface area (TPSA) is 246 Å². The number of imidazole rings is 1. The number of aliphatic imine (C=N–C) groups is 1. The van der Waals surface area contributed by atoms with Crippen molar-refractivity contribution < 1.29 is 19.5 Å². The minimum absolute atomic E-state index is 0.0432. The second-order valence-corrected chi connectivity index (χ2v) is 7.13. The van der Waals surface area contributed by atoms with E-state index in [1.54, 1.807) is 0 Å². The number of aromatic amines is 1. The van der Waals surface area contributed by atoms with E-state index in [4.69, 9.17) is 28.7 Å². The van der Waals surface area contributed by atoms with Crippen LogP contribution < -0.4 is 28.7 Å². The van der Waals surface area contributed by atoms with Gasteiger partial charge in [-0.25, -0.2) is 9.78 Å². The van der Waals surface area contributed by atoms with Gasteiger partial charge in [0.1, 0.15) is 6.04 Å². The lowest BCUT2D eigenvalue weighted by molar-refractivity contribution is -0.159. The van der Waals surface area contributed by atoms with Crippen LogP contribution in [0.15, 0.2) is 17.5 Å². The maximum atomic E-state index is 13.1. The van der Waals surface area contributed by atoms with Crippen molar-refractivity contribution in [2.75, 3.05) is 13.1 Å². The average molecular weight is 440 g/mol. The lowest BCUT2D eigenvalue weighted by Crippen LogP contribution is -2.58. The first-order valence-electron chi connectivity index (χ1n) is 10.0. The largest absolute Gasteiger partial charge is 0.480 e. The Morgan fingerprint density at radius 3 is 2.32 bits per heavy atom. The molecular formula is C18H33N9O4. The van der Waals surface area contributed by atoms with Crippen molar-refractivity contribution in [3.05, 3.63) is 18.2 Å². The molecule has 0 aliphatic heterocycles. The fourth-order valence-electron chi connectivity index (χ4n) is 2.98. The summed E-state index contributed by atoms with van der Waals surface area (Å²) in [5.41, 5.74) is 28.5. The van der Waals surface area contributed by atoms with Crippen LogP contribution in [0, 0.1) is 0 Å². The molecule has 0 fully saturated rings. The van der Waals surface area contributed by atoms with E-state index in [0.717, 1.165) is 0 Å². The monoisotopic (exact) mass is 439 g/mol. The molecule has 1 heterocycles. The average Bonchev–Trinajstić information content (AvgIpc) is 3.22. The van der Waals surface area contributed by atoms with Gasteiger partial charge in [0.2, 0.25) is 11.8 Å². The number of imide groups is 1. The molecule has 13 heteroatoms. The summed E-state index contributed by atoms with van der Waals surface area (Å²) in [6.07, 6.45) is 4.51. The van der Waals surface area contributed by atoms with E-state index in [-0.39, 0.29) is 31.8 Å². The molecule has 174 valence electrons. The van der Waals surface area contributed by atoms with E-state index in [1.165, 1.54) is 12.5 Å². The smallest absolute Gasteiger partial charge is 0.326 e. The summed E-state index contributed by atoms with van der Waals surface area (Å²) in [4.78, 5) is 49.2. The van der Waals surface area contributed by atoms with Crippen molar-refractivity contribution in [1.82, 2.24) is 14.9 Å². The number of carbonyl (C=O) groups is 3. The Balaban J connectivity index is 3.03. The number of aliphatic carboxylic acids is 1. The van der Waals surface area contributed by atoms with Crippen LogP contribution in [0.1, 0.15) is 37.8 Å². The van der Waals surface area contributed by atoms with Gasteiger partial charge >= 0.3 is 5.97 Å². The van der Waals surface area contributed by atoms with Crippen LogP contribution in [0.5, 0.6) is 0 Å². The lowest BCUT2D eigenvalue weighted by Gasteiger charge is -2.31. The molecule has 1 aromatic rings. The molecule has 0 aliphatic rings. The van der Waals surface area contributed by atoms with Crippen LogP contribution >= 0.6 is 0 Å². The first-order valence-corrected chi connectivity index (χ1v) is 10.0. The normalized spacial score (nSPS) is 13.8. The molecule has 1 aromatic heterocycles. The van der Waals surface area contributed by atoms with E-state index in [1.807, 2.05) is 0 Å². The van der Waals surface area contributed by atoms with E-state index in [0.29, 0.717) is 36.4 Å². The van der Waals surface area contributed by atoms with E-state index in [2.05, 4.69) is 15.0 Å². The quantitative estimate of drug-likeness (QED) is 0.0919. The highest BCUT2D eigenvalue weighted by atomic mass is 16.4. The fraction of sp³-hybridized carbons (Fsp3) is 0.611. The summed E-state index contributed by atoms with van der Waals surface area (Å²) in [6.45, 7) is 0.604. The van der Waals surface area contributed by atoms with Gasteiger partial charge in [-0.2, -0.15) is 0 Å². The molecule has 0 saturated heterocycles. The van der Waals surface area contributed by atoms with Gasteiger partial charge in [0, 0.05) is 24.9 Å². The maximum Gasteiger partial charge on any atom is 0.326 e. The zero-order valence-corrected chi connectivity index (χ0v) is 17.4. The molecule has 0 aliphatic carbocycles. The van der Waals surface area contributed by atoms with Gasteiger partial charge < -0.3 is 38.8 Å². The molecular weight excluding hydrogens is 406 g/mol. The SMILES string of the molecule is NCCCCC(C(=O)O)N(C(=O)C(N)CCCN=C(N)N)C(=O)C(N)Cc1cnc[nH]1. The number of amides is 2. The molecule has 1 rings (SSSR count). The number of nitrogens with zero attached hydrogens (tertiary/aromatic N) is 3. The van der Waals surface area contributed by atoms with Gasteiger partial charge in [-0.05, 0) is 38.6 Å². The van der Waals surface area contributed by atoms with Crippen LogP contribution in [0.2, 0.25) is 0 Å². The molecule has 0 spiro atoms. The molecule has 31 heavy (non-hydrogen) atoms. The molecule has 12 N–H and O–H groups in total. The van der Waals surface area contributed by atoms with E-state index < -0.39 is 35.9 Å². The predicted octanol–water partition coefficient (Wildman–Crippen LogP) is -2.40. The third kappa shape index (κ3) is 8.70. The van der Waals surface area contributed by atoms with Gasteiger partial charge in [0.05, 0.1) is 18.4 Å². The van der Waals surface area contributed by atoms with Gasteiger partial charge in [-0.3, -0.25) is 19.5 Å². The Bertz CT molecular complexity index is 734. The summed E-state index contributed by atoms with van der Waals surface area (Å²) in [5.74, 6) is -3.04. The maximum absolute atomic E-state index is 13.1. The summed E-state index contributed by atoms with van der Waals surface area (Å²) in [5, 5.41) is 9.72. The molecule has 2 amide bonds. The van der Waals surface area contributed by atoms with Crippen LogP contribution in [-0.2, 0) is 20.8 Å². The number of carboxylic acids is 1. The highest BCUT2D eigenvalue weighted by Gasteiger charge is 2.38. The van der Waals surface area contributed by atoms with Crippen molar-refractivity contribution in [3.63, 3.8) is 0 Å². The number of nitrogens with two attached hydrogens (primary N) is 5. The molecule has 0 bridgehead atoms. The zero-order valence-electron chi connectivity index (χ0n) is 17.4. The number of nitrogens with one attached hydrogen (secondary N) is 1. The fourth-order valence-corrected chi connectivity index (χ4v) is 2.98. The Kier molecular flexibility index (Phi) is 11.2. The standard InChI is InChI=1S/C18H33N9O4/c19-6-2-1-5-14(17(30)31)27(15(28)12(20)4-3-7-25-18(22)23)16(29)13(21)8-11-9-24-10-26-11/h9-10,12-14H,1-8,19-21H2,(H,24,26)(H,30,31)(H4,22,23,25). The summed E-state index contributed by atoms with van der Waals surface area (Å²) < 4.78 is 0. The molecule has 3 atom stereocenters. The number of hydrogen-bond acceptors (Lipinski definition) is 8. The van der Waals surface area contributed by atoms with Gasteiger partial charge in [0.15, 0.2) is 5.96 Å². The van der Waals surface area contributed by atoms with E-state index >= 15 is 0 Å². The highest BCUT2D eigenvalue weighted by Crippen LogP contribution is 2.15. The van der Waals surface area contributed by atoms with Crippen LogP contribution in [0.3, 0.4) is 0 Å². The number of carboxylic acid groups (broad SMARTS) is 1. The van der Waals surface area contributed by atoms with Gasteiger partial charge in [-0.1, -0.05) is 0 Å². The van der Waals surface area contributed by atoms with Crippen molar-refractivity contribution >= 4 is 23.7 Å². The molecule has 0 saturated carbocycles. The number of unbranched alkanes of at least 4 members (excludes halogenated alkanes) is 1. The number of carbonyl (C=O) groups excluding carboxylic acids is 2. The predicted molar refractivity (Wildman–Crippen MR) is 114 cm³/mol. The zero-order chi connectivity index (χ0) is 23.4. The molecule has 3 unspecified atom stereocenters. The van der Waals surface area contributed by atoms with E-state index in [9.17, 15) is 19.5 Å². The summed E-state index contributed by atoms with van der Waals surface area (Å²) in [7, 11) is 0. The number of rotatable bonds is 14. The summed E-state index contributed by atoms with van der Waals surface area (Å²) >= 11 is 0. The second-order valence-electron chi connectivity index (χ2n) is 7.13. The van der Waals surface area contributed by atoms with Crippen LogP contribution in [-0.4, -0.2) is 74.9 Å². The Labute approximate surface area is 180 Å². The lowest BCUT2D eigenvalue weighted by atomic mass is 10.0. The number of aromatic nitrogens is 2. The second kappa shape index (κ2) is 13.3. The minimum atomic E-state index is -1.40. The molecule has 13 nitrogen and oxygen atoms in total. The summed E-state index contributed by atoms with van der Waals surface area (Å²) in [6, 6.07) is -3.67. The minimum Gasteiger partial charge on any atom is -0.480 e. The third-order valence-corrected chi connectivity index (χ3v) is 4.60. The van der Waals surface area contributed by atoms with Crippen molar-refractivity contribution in [2.24, 2.45) is 33.7 Å². The van der Waals surface area contributed by atoms with Gasteiger partial charge in [0.25, 0.3) is 0 Å². The first kappa shape index (κ1) is 26.0. The number of hydrogen-bond donors (Lipinski definition) is 7. The Morgan fingerprint density at radius 2 is 1.77 bits per heavy atom. The number of guanidine groups is 1. The third-order valence-electron chi connectivity index (χ3n) is 4.60.